The smallest absolute Gasteiger partial charge is 0.207 e. The van der Waals surface area contributed by atoms with E-state index in [1.54, 1.807) is 19.2 Å². The lowest BCUT2D eigenvalue weighted by Gasteiger charge is -2.18. The SMILES string of the molecule is Cc1ccnc(N/C(CCc2cccc(Cl)c2Cl)=C(\N=N)C(C)NC=O)c1. The van der Waals surface area contributed by atoms with E-state index in [4.69, 9.17) is 28.7 Å². The molecule has 1 unspecified atom stereocenters. The van der Waals surface area contributed by atoms with Gasteiger partial charge in [0.15, 0.2) is 0 Å². The van der Waals surface area contributed by atoms with Crippen molar-refractivity contribution in [3.8, 4) is 0 Å². The molecular formula is C19H21Cl2N5O. The van der Waals surface area contributed by atoms with Gasteiger partial charge in [-0.25, -0.2) is 10.5 Å². The van der Waals surface area contributed by atoms with Crippen molar-refractivity contribution < 1.29 is 4.79 Å². The highest BCUT2D eigenvalue weighted by Crippen LogP contribution is 2.28. The minimum Gasteiger partial charge on any atom is -0.350 e. The summed E-state index contributed by atoms with van der Waals surface area (Å²) in [5.74, 6) is 0.640. The average molecular weight is 406 g/mol. The second kappa shape index (κ2) is 10.0. The van der Waals surface area contributed by atoms with E-state index in [1.165, 1.54) is 0 Å². The first kappa shape index (κ1) is 20.9. The summed E-state index contributed by atoms with van der Waals surface area (Å²) in [6.45, 7) is 3.73. The summed E-state index contributed by atoms with van der Waals surface area (Å²) in [5, 5.41) is 10.5. The molecule has 0 bridgehead atoms. The Morgan fingerprint density at radius 1 is 1.37 bits per heavy atom. The molecule has 6 nitrogen and oxygen atoms in total. The standard InChI is InChI=1S/C19H21Cl2N5O/c1-12-8-9-23-17(10-12)25-16(19(26-22)13(2)24-11-27)7-6-14-4-3-5-15(20)18(14)21/h3-5,8-11,13,22H,6-7H2,1-2H3,(H,23,25)(H,24,27)/b19-16-,26-22?. The molecule has 0 aliphatic rings. The topological polar surface area (TPSA) is 90.2 Å². The van der Waals surface area contributed by atoms with Crippen LogP contribution in [0, 0.1) is 12.5 Å². The summed E-state index contributed by atoms with van der Waals surface area (Å²) >= 11 is 12.4. The Kier molecular flexibility index (Phi) is 7.76. The molecule has 1 atom stereocenters. The third-order valence-corrected chi connectivity index (χ3v) is 4.89. The van der Waals surface area contributed by atoms with Crippen LogP contribution in [0.2, 0.25) is 10.0 Å². The van der Waals surface area contributed by atoms with Crippen molar-refractivity contribution in [2.45, 2.75) is 32.7 Å². The lowest BCUT2D eigenvalue weighted by molar-refractivity contribution is -0.109. The van der Waals surface area contributed by atoms with E-state index < -0.39 is 6.04 Å². The van der Waals surface area contributed by atoms with E-state index in [2.05, 4.69) is 20.7 Å². The van der Waals surface area contributed by atoms with Crippen LogP contribution in [0.3, 0.4) is 0 Å². The Bertz CT molecular complexity index is 854. The Balaban J connectivity index is 2.34. The van der Waals surface area contributed by atoms with E-state index in [9.17, 15) is 4.79 Å². The summed E-state index contributed by atoms with van der Waals surface area (Å²) in [6, 6.07) is 8.84. The molecule has 0 aliphatic carbocycles. The van der Waals surface area contributed by atoms with Crippen LogP contribution in [0.15, 0.2) is 53.0 Å². The number of hydrogen-bond acceptors (Lipinski definition) is 5. The number of rotatable bonds is 9. The quantitative estimate of drug-likeness (QED) is 0.399. The first-order chi connectivity index (χ1) is 13.0. The van der Waals surface area contributed by atoms with Gasteiger partial charge in [-0.3, -0.25) is 4.79 Å². The molecular weight excluding hydrogens is 385 g/mol. The fraction of sp³-hybridized carbons (Fsp3) is 0.263. The number of aromatic nitrogens is 1. The van der Waals surface area contributed by atoms with Crippen molar-refractivity contribution in [1.29, 1.82) is 5.53 Å². The van der Waals surface area contributed by atoms with Gasteiger partial charge >= 0.3 is 0 Å². The number of allylic oxidation sites excluding steroid dienone is 1. The minimum absolute atomic E-state index is 0.420. The fourth-order valence-electron chi connectivity index (χ4n) is 2.62. The summed E-state index contributed by atoms with van der Waals surface area (Å²) in [4.78, 5) is 15.1. The van der Waals surface area contributed by atoms with E-state index in [1.807, 2.05) is 31.2 Å². The number of halogens is 2. The molecule has 2 rings (SSSR count). The summed E-state index contributed by atoms with van der Waals surface area (Å²) in [7, 11) is 0. The maximum atomic E-state index is 10.8. The number of pyridine rings is 1. The van der Waals surface area contributed by atoms with E-state index in [-0.39, 0.29) is 0 Å². The third kappa shape index (κ3) is 5.77. The number of hydrogen-bond donors (Lipinski definition) is 3. The van der Waals surface area contributed by atoms with Gasteiger partial charge in [0.1, 0.15) is 11.5 Å². The zero-order chi connectivity index (χ0) is 19.8. The number of aryl methyl sites for hydroxylation is 2. The number of benzene rings is 1. The van der Waals surface area contributed by atoms with Crippen LogP contribution in [0.1, 0.15) is 24.5 Å². The number of amides is 1. The van der Waals surface area contributed by atoms with E-state index in [0.717, 1.165) is 11.1 Å². The van der Waals surface area contributed by atoms with Gasteiger partial charge in [0.25, 0.3) is 0 Å². The predicted octanol–water partition coefficient (Wildman–Crippen LogP) is 5.12. The minimum atomic E-state index is -0.429. The number of nitrogens with one attached hydrogen (secondary N) is 3. The molecule has 0 aliphatic heterocycles. The van der Waals surface area contributed by atoms with Crippen LogP contribution in [0.5, 0.6) is 0 Å². The highest BCUT2D eigenvalue weighted by atomic mass is 35.5. The number of nitrogens with zero attached hydrogens (tertiary/aromatic N) is 2. The normalized spacial score (nSPS) is 12.7. The molecule has 0 radical (unpaired) electrons. The highest BCUT2D eigenvalue weighted by Gasteiger charge is 2.16. The monoisotopic (exact) mass is 405 g/mol. The van der Waals surface area contributed by atoms with Gasteiger partial charge in [-0.1, -0.05) is 35.3 Å². The van der Waals surface area contributed by atoms with Gasteiger partial charge in [0.05, 0.1) is 16.1 Å². The first-order valence-electron chi connectivity index (χ1n) is 8.39. The Labute approximate surface area is 168 Å². The van der Waals surface area contributed by atoms with Crippen LogP contribution in [-0.2, 0) is 11.2 Å². The summed E-state index contributed by atoms with van der Waals surface area (Å²) in [5.41, 5.74) is 10.6. The molecule has 27 heavy (non-hydrogen) atoms. The predicted molar refractivity (Wildman–Crippen MR) is 108 cm³/mol. The zero-order valence-corrected chi connectivity index (χ0v) is 16.6. The number of carbonyl (C=O) groups is 1. The second-order valence-electron chi connectivity index (χ2n) is 6.04. The van der Waals surface area contributed by atoms with Gasteiger partial charge in [0, 0.05) is 11.9 Å². The van der Waals surface area contributed by atoms with Gasteiger partial charge in [-0.2, -0.15) is 5.11 Å². The van der Waals surface area contributed by atoms with E-state index >= 15 is 0 Å². The third-order valence-electron chi connectivity index (χ3n) is 4.03. The average Bonchev–Trinajstić information content (AvgIpc) is 2.63. The Morgan fingerprint density at radius 2 is 2.15 bits per heavy atom. The van der Waals surface area contributed by atoms with Gasteiger partial charge in [-0.15, -0.1) is 0 Å². The van der Waals surface area contributed by atoms with Crippen LogP contribution >= 0.6 is 23.2 Å². The molecule has 0 fully saturated rings. The van der Waals surface area contributed by atoms with Crippen molar-refractivity contribution >= 4 is 35.4 Å². The molecule has 1 heterocycles. The zero-order valence-electron chi connectivity index (χ0n) is 15.1. The van der Waals surface area contributed by atoms with Crippen molar-refractivity contribution in [1.82, 2.24) is 10.3 Å². The fourth-order valence-corrected chi connectivity index (χ4v) is 3.04. The molecule has 1 aromatic carbocycles. The van der Waals surface area contributed by atoms with Crippen LogP contribution in [0.25, 0.3) is 0 Å². The molecule has 0 spiro atoms. The van der Waals surface area contributed by atoms with Crippen LogP contribution in [0.4, 0.5) is 5.82 Å². The molecule has 3 N–H and O–H groups in total. The van der Waals surface area contributed by atoms with Crippen molar-refractivity contribution in [3.05, 3.63) is 69.1 Å². The summed E-state index contributed by atoms with van der Waals surface area (Å²) in [6.07, 6.45) is 3.39. The van der Waals surface area contributed by atoms with Crippen LogP contribution < -0.4 is 10.6 Å². The highest BCUT2D eigenvalue weighted by molar-refractivity contribution is 6.42. The van der Waals surface area contributed by atoms with E-state index in [0.29, 0.717) is 46.5 Å². The van der Waals surface area contributed by atoms with Crippen molar-refractivity contribution in [2.75, 3.05) is 5.32 Å². The maximum Gasteiger partial charge on any atom is 0.207 e. The van der Waals surface area contributed by atoms with Gasteiger partial charge < -0.3 is 10.6 Å². The van der Waals surface area contributed by atoms with Gasteiger partial charge in [0.2, 0.25) is 6.41 Å². The van der Waals surface area contributed by atoms with Crippen molar-refractivity contribution in [2.24, 2.45) is 5.11 Å². The molecule has 0 saturated heterocycles. The molecule has 0 saturated carbocycles. The Hall–Kier alpha value is -2.44. The van der Waals surface area contributed by atoms with Gasteiger partial charge in [-0.05, 0) is 56.0 Å². The molecule has 8 heteroatoms. The number of anilines is 1. The number of carbonyl (C=O) groups excluding carboxylic acids is 1. The molecule has 142 valence electrons. The lowest BCUT2D eigenvalue weighted by atomic mass is 10.0. The molecule has 1 amide bonds. The lowest BCUT2D eigenvalue weighted by Crippen LogP contribution is -2.27. The maximum absolute atomic E-state index is 10.8. The second-order valence-corrected chi connectivity index (χ2v) is 6.82. The molecule has 2 aromatic rings. The first-order valence-corrected chi connectivity index (χ1v) is 9.14. The largest absolute Gasteiger partial charge is 0.350 e. The van der Waals surface area contributed by atoms with Crippen molar-refractivity contribution in [3.63, 3.8) is 0 Å². The summed E-state index contributed by atoms with van der Waals surface area (Å²) < 4.78 is 0. The Morgan fingerprint density at radius 3 is 2.81 bits per heavy atom. The molecule has 1 aromatic heterocycles. The van der Waals surface area contributed by atoms with Crippen LogP contribution in [-0.4, -0.2) is 17.4 Å².